The van der Waals surface area contributed by atoms with E-state index in [4.69, 9.17) is 9.47 Å². The van der Waals surface area contributed by atoms with Crippen LogP contribution in [0.5, 0.6) is 11.5 Å². The monoisotopic (exact) mass is 382 g/mol. The highest BCUT2D eigenvalue weighted by molar-refractivity contribution is 6.05. The molecule has 2 nitrogen and oxygen atoms in total. The SMILES string of the molecule is COc1ccc(-c2cc(C)c3ccccc3c2-c2ccc(OC)c(C)c2)cc1C. The Morgan fingerprint density at radius 3 is 1.69 bits per heavy atom. The summed E-state index contributed by atoms with van der Waals surface area (Å²) < 4.78 is 11.0. The minimum absolute atomic E-state index is 0.909. The summed E-state index contributed by atoms with van der Waals surface area (Å²) in [6.45, 7) is 6.37. The van der Waals surface area contributed by atoms with Crippen LogP contribution >= 0.6 is 0 Å². The summed E-state index contributed by atoms with van der Waals surface area (Å²) >= 11 is 0. The molecule has 0 aliphatic rings. The van der Waals surface area contributed by atoms with Crippen molar-refractivity contribution < 1.29 is 9.47 Å². The molecule has 4 aromatic rings. The number of hydrogen-bond donors (Lipinski definition) is 0. The van der Waals surface area contributed by atoms with Crippen molar-refractivity contribution in [1.82, 2.24) is 0 Å². The van der Waals surface area contributed by atoms with Gasteiger partial charge in [0, 0.05) is 0 Å². The zero-order valence-electron chi connectivity index (χ0n) is 17.7. The Bertz CT molecular complexity index is 1200. The van der Waals surface area contributed by atoms with E-state index in [0.717, 1.165) is 22.6 Å². The van der Waals surface area contributed by atoms with Crippen molar-refractivity contribution in [2.45, 2.75) is 20.8 Å². The van der Waals surface area contributed by atoms with E-state index in [1.165, 1.54) is 38.6 Å². The van der Waals surface area contributed by atoms with E-state index in [1.807, 2.05) is 0 Å². The third-order valence-electron chi connectivity index (χ3n) is 5.64. The summed E-state index contributed by atoms with van der Waals surface area (Å²) in [5.41, 5.74) is 8.42. The fraction of sp³-hybridized carbons (Fsp3) is 0.185. The number of aryl methyl sites for hydroxylation is 3. The average molecular weight is 383 g/mol. The van der Waals surface area contributed by atoms with Gasteiger partial charge in [-0.3, -0.25) is 0 Å². The Hall–Kier alpha value is -3.26. The molecule has 0 aliphatic carbocycles. The minimum atomic E-state index is 0.909. The average Bonchev–Trinajstić information content (AvgIpc) is 2.73. The molecule has 2 heteroatoms. The van der Waals surface area contributed by atoms with Gasteiger partial charge in [0.05, 0.1) is 14.2 Å². The first kappa shape index (κ1) is 19.1. The van der Waals surface area contributed by atoms with E-state index in [2.05, 4.69) is 87.5 Å². The van der Waals surface area contributed by atoms with E-state index < -0.39 is 0 Å². The van der Waals surface area contributed by atoms with Crippen molar-refractivity contribution in [3.05, 3.63) is 83.4 Å². The van der Waals surface area contributed by atoms with Crippen LogP contribution in [0.25, 0.3) is 33.0 Å². The van der Waals surface area contributed by atoms with Crippen molar-refractivity contribution >= 4 is 10.8 Å². The number of methoxy groups -OCH3 is 2. The molecule has 0 heterocycles. The van der Waals surface area contributed by atoms with Crippen LogP contribution in [0.15, 0.2) is 66.7 Å². The summed E-state index contributed by atoms with van der Waals surface area (Å²) in [7, 11) is 3.43. The second-order valence-corrected chi connectivity index (χ2v) is 7.53. The highest BCUT2D eigenvalue weighted by atomic mass is 16.5. The third kappa shape index (κ3) is 3.36. The third-order valence-corrected chi connectivity index (χ3v) is 5.64. The predicted octanol–water partition coefficient (Wildman–Crippen LogP) is 7.12. The van der Waals surface area contributed by atoms with Crippen LogP contribution in [0, 0.1) is 20.8 Å². The maximum Gasteiger partial charge on any atom is 0.121 e. The van der Waals surface area contributed by atoms with Crippen molar-refractivity contribution in [3.63, 3.8) is 0 Å². The summed E-state index contributed by atoms with van der Waals surface area (Å²) in [5, 5.41) is 2.55. The van der Waals surface area contributed by atoms with E-state index in [0.29, 0.717) is 0 Å². The fourth-order valence-electron chi connectivity index (χ4n) is 4.18. The normalized spacial score (nSPS) is 10.9. The van der Waals surface area contributed by atoms with Gasteiger partial charge in [0.2, 0.25) is 0 Å². The van der Waals surface area contributed by atoms with Crippen LogP contribution in [0.2, 0.25) is 0 Å². The van der Waals surface area contributed by atoms with E-state index in [-0.39, 0.29) is 0 Å². The van der Waals surface area contributed by atoms with Gasteiger partial charge in [0.25, 0.3) is 0 Å². The molecule has 0 amide bonds. The zero-order chi connectivity index (χ0) is 20.5. The molecule has 0 spiro atoms. The first-order valence-corrected chi connectivity index (χ1v) is 9.86. The molecule has 0 saturated carbocycles. The quantitative estimate of drug-likeness (QED) is 0.374. The summed E-state index contributed by atoms with van der Waals surface area (Å²) in [6, 6.07) is 23.8. The van der Waals surface area contributed by atoms with Gasteiger partial charge in [-0.05, 0) is 94.8 Å². The summed E-state index contributed by atoms with van der Waals surface area (Å²) in [6.07, 6.45) is 0. The van der Waals surface area contributed by atoms with Crippen LogP contribution < -0.4 is 9.47 Å². The van der Waals surface area contributed by atoms with Gasteiger partial charge < -0.3 is 9.47 Å². The molecule has 0 atom stereocenters. The molecule has 0 radical (unpaired) electrons. The number of hydrogen-bond acceptors (Lipinski definition) is 2. The molecule has 0 fully saturated rings. The van der Waals surface area contributed by atoms with Gasteiger partial charge in [-0.15, -0.1) is 0 Å². The standard InChI is InChI=1S/C27H26O2/c1-17-16-24(20-10-12-25(28-4)18(2)14-20)27(23-9-7-6-8-22(17)23)21-11-13-26(29-5)19(3)15-21/h6-16H,1-5H3. The molecule has 0 N–H and O–H groups in total. The minimum Gasteiger partial charge on any atom is -0.496 e. The van der Waals surface area contributed by atoms with Gasteiger partial charge in [0.1, 0.15) is 11.5 Å². The van der Waals surface area contributed by atoms with Crippen LogP contribution in [0.4, 0.5) is 0 Å². The maximum absolute atomic E-state index is 5.48. The van der Waals surface area contributed by atoms with Crippen LogP contribution in [-0.4, -0.2) is 14.2 Å². The Kier molecular flexibility index (Phi) is 5.02. The molecule has 0 bridgehead atoms. The number of ether oxygens (including phenoxy) is 2. The predicted molar refractivity (Wildman–Crippen MR) is 122 cm³/mol. The van der Waals surface area contributed by atoms with Crippen LogP contribution in [0.1, 0.15) is 16.7 Å². The van der Waals surface area contributed by atoms with Gasteiger partial charge in [-0.2, -0.15) is 0 Å². The van der Waals surface area contributed by atoms with Gasteiger partial charge in [0.15, 0.2) is 0 Å². The van der Waals surface area contributed by atoms with Gasteiger partial charge >= 0.3 is 0 Å². The van der Waals surface area contributed by atoms with E-state index in [9.17, 15) is 0 Å². The molecule has 0 unspecified atom stereocenters. The molecule has 0 aromatic heterocycles. The Morgan fingerprint density at radius 1 is 0.552 bits per heavy atom. The molecule has 0 saturated heterocycles. The first-order valence-electron chi connectivity index (χ1n) is 9.86. The number of fused-ring (bicyclic) bond motifs is 1. The molecule has 29 heavy (non-hydrogen) atoms. The molecule has 4 aromatic carbocycles. The summed E-state index contributed by atoms with van der Waals surface area (Å²) in [5.74, 6) is 1.82. The first-order chi connectivity index (χ1) is 14.0. The number of benzene rings is 4. The largest absolute Gasteiger partial charge is 0.496 e. The lowest BCUT2D eigenvalue weighted by molar-refractivity contribution is 0.411. The van der Waals surface area contributed by atoms with Crippen LogP contribution in [-0.2, 0) is 0 Å². The van der Waals surface area contributed by atoms with E-state index in [1.54, 1.807) is 14.2 Å². The Morgan fingerprint density at radius 2 is 1.10 bits per heavy atom. The molecule has 0 aliphatic heterocycles. The van der Waals surface area contributed by atoms with Gasteiger partial charge in [-0.25, -0.2) is 0 Å². The maximum atomic E-state index is 5.48. The Balaban J connectivity index is 2.06. The van der Waals surface area contributed by atoms with Crippen molar-refractivity contribution in [3.8, 4) is 33.8 Å². The van der Waals surface area contributed by atoms with Crippen molar-refractivity contribution in [2.24, 2.45) is 0 Å². The van der Waals surface area contributed by atoms with E-state index >= 15 is 0 Å². The zero-order valence-corrected chi connectivity index (χ0v) is 17.7. The number of rotatable bonds is 4. The second-order valence-electron chi connectivity index (χ2n) is 7.53. The lowest BCUT2D eigenvalue weighted by Gasteiger charge is -2.18. The lowest BCUT2D eigenvalue weighted by Crippen LogP contribution is -1.94. The Labute approximate surface area is 172 Å². The van der Waals surface area contributed by atoms with Crippen molar-refractivity contribution in [1.29, 1.82) is 0 Å². The smallest absolute Gasteiger partial charge is 0.121 e. The van der Waals surface area contributed by atoms with Gasteiger partial charge in [-0.1, -0.05) is 42.5 Å². The molecule has 4 rings (SSSR count). The van der Waals surface area contributed by atoms with Crippen molar-refractivity contribution in [2.75, 3.05) is 14.2 Å². The fourth-order valence-corrected chi connectivity index (χ4v) is 4.18. The topological polar surface area (TPSA) is 18.5 Å². The lowest BCUT2D eigenvalue weighted by atomic mass is 9.87. The second kappa shape index (κ2) is 7.63. The highest BCUT2D eigenvalue weighted by Gasteiger charge is 2.15. The molecular weight excluding hydrogens is 356 g/mol. The molecule has 146 valence electrons. The summed E-state index contributed by atoms with van der Waals surface area (Å²) in [4.78, 5) is 0. The molecular formula is C27H26O2. The van der Waals surface area contributed by atoms with Crippen LogP contribution in [0.3, 0.4) is 0 Å². The highest BCUT2D eigenvalue weighted by Crippen LogP contribution is 2.41.